The van der Waals surface area contributed by atoms with E-state index in [9.17, 15) is 28.6 Å². The fraction of sp³-hybridized carbons (Fsp3) is 0.200. The number of ether oxygens (including phenoxy) is 1. The maximum atomic E-state index is 14.6. The van der Waals surface area contributed by atoms with Crippen LogP contribution in [0.2, 0.25) is 0 Å². The maximum absolute atomic E-state index is 14.6. The molecule has 0 aliphatic rings. The molecule has 2 atom stereocenters. The molecule has 0 aliphatic heterocycles. The first kappa shape index (κ1) is 39.2. The summed E-state index contributed by atoms with van der Waals surface area (Å²) >= 11 is 0. The fourth-order valence-corrected chi connectivity index (χ4v) is 5.79. The van der Waals surface area contributed by atoms with E-state index >= 15 is 0 Å². The Balaban J connectivity index is 0.00000364. The van der Waals surface area contributed by atoms with E-state index in [1.54, 1.807) is 59.2 Å². The molecule has 4 N–H and O–H groups in total. The number of aliphatic carboxylic acids is 1. The van der Waals surface area contributed by atoms with E-state index < -0.39 is 42.1 Å². The number of anilines is 1. The first-order chi connectivity index (χ1) is 24.0. The summed E-state index contributed by atoms with van der Waals surface area (Å²) in [5.74, 6) is -2.20. The topological polar surface area (TPSA) is 121 Å². The zero-order valence-electron chi connectivity index (χ0n) is 29.6. The van der Waals surface area contributed by atoms with Gasteiger partial charge in [-0.2, -0.15) is 0 Å². The number of para-hydroxylation sites is 2. The van der Waals surface area contributed by atoms with Gasteiger partial charge < -0.3 is 31.4 Å². The second kappa shape index (κ2) is 18.1. The average molecular weight is 705 g/mol. The molecule has 1 aromatic heterocycles. The first-order valence-corrected chi connectivity index (χ1v) is 16.1. The average Bonchev–Trinajstić information content (AvgIpc) is 3.43. The Hall–Kier alpha value is -4.58. The molecule has 5 rings (SSSR count). The van der Waals surface area contributed by atoms with Crippen LogP contribution in [0.4, 0.5) is 14.5 Å². The van der Waals surface area contributed by atoms with E-state index in [1.165, 1.54) is 30.3 Å². The summed E-state index contributed by atoms with van der Waals surface area (Å²) in [5.41, 5.74) is 4.04. The molecule has 1 heterocycles. The third-order valence-electron chi connectivity index (χ3n) is 8.01. The molecular weight excluding hydrogens is 665 g/mol. The van der Waals surface area contributed by atoms with Gasteiger partial charge in [0, 0.05) is 29.3 Å². The van der Waals surface area contributed by atoms with Gasteiger partial charge in [0.05, 0.1) is 24.3 Å². The summed E-state index contributed by atoms with van der Waals surface area (Å²) in [6.07, 6.45) is -0.298. The van der Waals surface area contributed by atoms with Gasteiger partial charge in [0.1, 0.15) is 29.7 Å². The Morgan fingerprint density at radius 1 is 0.843 bits per heavy atom. The van der Waals surface area contributed by atoms with Crippen LogP contribution in [-0.4, -0.2) is 44.0 Å². The Morgan fingerprint density at radius 3 is 2.00 bits per heavy atom. The number of carbonyl (C=O) groups is 2. The number of benzene rings is 4. The number of carbonyl (C=O) groups excluding carboxylic acids is 1. The summed E-state index contributed by atoms with van der Waals surface area (Å²) in [5, 5.41) is 33.0. The van der Waals surface area contributed by atoms with E-state index in [-0.39, 0.29) is 55.7 Å². The molecule has 0 saturated carbocycles. The molecule has 260 valence electrons. The molecule has 0 unspecified atom stereocenters. The van der Waals surface area contributed by atoms with Gasteiger partial charge in [-0.15, -0.1) is 0 Å². The van der Waals surface area contributed by atoms with E-state index in [1.807, 2.05) is 44.2 Å². The molecular formula is C40H39F2N2NaO6. The van der Waals surface area contributed by atoms with Crippen molar-refractivity contribution < 1.29 is 69.4 Å². The van der Waals surface area contributed by atoms with Crippen LogP contribution in [0.3, 0.4) is 0 Å². The summed E-state index contributed by atoms with van der Waals surface area (Å²) < 4.78 is 36.3. The number of rotatable bonds is 14. The summed E-state index contributed by atoms with van der Waals surface area (Å²) in [7, 11) is 0. The van der Waals surface area contributed by atoms with Crippen molar-refractivity contribution in [2.24, 2.45) is 0 Å². The molecule has 1 amide bonds. The molecule has 8 nitrogen and oxygen atoms in total. The summed E-state index contributed by atoms with van der Waals surface area (Å²) in [4.78, 5) is 25.7. The van der Waals surface area contributed by atoms with E-state index in [4.69, 9.17) is 9.84 Å². The minimum atomic E-state index is -1.29. The molecule has 0 aliphatic carbocycles. The van der Waals surface area contributed by atoms with Crippen molar-refractivity contribution >= 4 is 23.6 Å². The predicted octanol–water partition coefficient (Wildman–Crippen LogP) is 5.23. The standard InChI is InChI=1S/C40H38F2N2O6.Na.H/c1-25(2)44-34(21-20-31(45)22-32(46)23-36(47)48)37(27-12-16-29(41)17-13-27)38(28-14-18-30(42)19-15-28)39(44)40(49)43-33-10-6-7-11-35(33)50-24-26-8-4-3-5-9-26;;/h3-21,25,31-32,45-46H,22-24H2,1-2H3,(H,43,49)(H,47,48);;/q;+1;-1/t31-,32-;;/m1../s1. The van der Waals surface area contributed by atoms with Gasteiger partial charge in [0.25, 0.3) is 5.91 Å². The van der Waals surface area contributed by atoms with Gasteiger partial charge in [0.2, 0.25) is 0 Å². The zero-order valence-corrected chi connectivity index (χ0v) is 30.6. The number of halogens is 2. The van der Waals surface area contributed by atoms with Gasteiger partial charge in [-0.05, 0) is 73.0 Å². The minimum absolute atomic E-state index is 0. The Labute approximate surface area is 318 Å². The first-order valence-electron chi connectivity index (χ1n) is 16.1. The van der Waals surface area contributed by atoms with Gasteiger partial charge in [0.15, 0.2) is 0 Å². The zero-order chi connectivity index (χ0) is 35.8. The van der Waals surface area contributed by atoms with Crippen LogP contribution < -0.4 is 39.6 Å². The van der Waals surface area contributed by atoms with Crippen LogP contribution in [0.5, 0.6) is 5.75 Å². The quantitative estimate of drug-likeness (QED) is 0.118. The van der Waals surface area contributed by atoms with Crippen LogP contribution in [0.1, 0.15) is 55.9 Å². The van der Waals surface area contributed by atoms with Crippen molar-refractivity contribution in [2.45, 2.75) is 51.5 Å². The Kier molecular flexibility index (Phi) is 13.9. The molecule has 5 aromatic rings. The van der Waals surface area contributed by atoms with Gasteiger partial charge in [-0.25, -0.2) is 8.78 Å². The van der Waals surface area contributed by atoms with Crippen LogP contribution in [0, 0.1) is 11.6 Å². The van der Waals surface area contributed by atoms with Gasteiger partial charge in [-0.3, -0.25) is 9.59 Å². The Bertz CT molecular complexity index is 1970. The van der Waals surface area contributed by atoms with Crippen molar-refractivity contribution in [3.63, 3.8) is 0 Å². The number of aromatic nitrogens is 1. The minimum Gasteiger partial charge on any atom is -1.00 e. The molecule has 11 heteroatoms. The van der Waals surface area contributed by atoms with Gasteiger partial charge in [-0.1, -0.05) is 72.8 Å². The number of aliphatic hydroxyl groups excluding tert-OH is 2. The number of aliphatic hydroxyl groups is 2. The second-order valence-electron chi connectivity index (χ2n) is 12.1. The number of amides is 1. The van der Waals surface area contributed by atoms with Gasteiger partial charge >= 0.3 is 35.5 Å². The summed E-state index contributed by atoms with van der Waals surface area (Å²) in [6, 6.07) is 27.7. The van der Waals surface area contributed by atoms with Crippen LogP contribution in [-0.2, 0) is 11.4 Å². The van der Waals surface area contributed by atoms with E-state index in [0.29, 0.717) is 39.4 Å². The largest absolute Gasteiger partial charge is 1.00 e. The normalized spacial score (nSPS) is 12.4. The van der Waals surface area contributed by atoms with Crippen LogP contribution >= 0.6 is 0 Å². The number of nitrogens with one attached hydrogen (secondary N) is 1. The maximum Gasteiger partial charge on any atom is 1.00 e. The Morgan fingerprint density at radius 2 is 1.41 bits per heavy atom. The smallest absolute Gasteiger partial charge is 1.00 e. The van der Waals surface area contributed by atoms with E-state index in [0.717, 1.165) is 5.56 Å². The number of carboxylic acids is 1. The SMILES string of the molecule is CC(C)n1c(C=C[C@@H](O)C[C@@H](O)CC(=O)O)c(-c2ccc(F)cc2)c(-c2ccc(F)cc2)c1C(=O)Nc1ccccc1OCc1ccccc1.[H-].[Na+]. The third-order valence-corrected chi connectivity index (χ3v) is 8.01. The molecule has 0 spiro atoms. The van der Waals surface area contributed by atoms with Crippen molar-refractivity contribution in [3.8, 4) is 28.0 Å². The monoisotopic (exact) mass is 704 g/mol. The van der Waals surface area contributed by atoms with Crippen molar-refractivity contribution in [3.05, 3.63) is 138 Å². The van der Waals surface area contributed by atoms with E-state index in [2.05, 4.69) is 5.32 Å². The number of carboxylic acid groups (broad SMARTS) is 1. The predicted molar refractivity (Wildman–Crippen MR) is 190 cm³/mol. The number of hydrogen-bond acceptors (Lipinski definition) is 5. The molecule has 51 heavy (non-hydrogen) atoms. The molecule has 0 saturated heterocycles. The second-order valence-corrected chi connectivity index (χ2v) is 12.1. The molecule has 0 bridgehead atoms. The van der Waals surface area contributed by atoms with Crippen molar-refractivity contribution in [1.82, 2.24) is 4.57 Å². The van der Waals surface area contributed by atoms with Crippen LogP contribution in [0.15, 0.2) is 109 Å². The number of hydrogen-bond donors (Lipinski definition) is 4. The molecule has 4 aromatic carbocycles. The fourth-order valence-electron chi connectivity index (χ4n) is 5.79. The van der Waals surface area contributed by atoms with Crippen LogP contribution in [0.25, 0.3) is 28.3 Å². The summed E-state index contributed by atoms with van der Waals surface area (Å²) in [6.45, 7) is 4.02. The molecule has 0 fully saturated rings. The third kappa shape index (κ3) is 10.0. The van der Waals surface area contributed by atoms with Crippen molar-refractivity contribution in [1.29, 1.82) is 0 Å². The number of nitrogens with zero attached hydrogens (tertiary/aromatic N) is 1. The molecule has 0 radical (unpaired) electrons. The van der Waals surface area contributed by atoms with Crippen molar-refractivity contribution in [2.75, 3.05) is 5.32 Å².